The number of hydrogen-bond acceptors (Lipinski definition) is 2. The zero-order chi connectivity index (χ0) is 42.1. The van der Waals surface area contributed by atoms with Crippen molar-refractivity contribution in [1.29, 1.82) is 0 Å². The van der Waals surface area contributed by atoms with Crippen LogP contribution in [-0.4, -0.2) is 0 Å². The van der Waals surface area contributed by atoms with Crippen molar-refractivity contribution >= 4 is 59.3 Å². The molecule has 0 atom stereocenters. The molecule has 0 amide bonds. The maximum absolute atomic E-state index is 2.43. The predicted octanol–water partition coefficient (Wildman–Crippen LogP) is 17.7. The maximum Gasteiger partial charge on any atom is 0.0540 e. The quantitative estimate of drug-likeness (QED) is 0.155. The van der Waals surface area contributed by atoms with Crippen LogP contribution in [0.15, 0.2) is 224 Å². The molecule has 0 saturated heterocycles. The minimum absolute atomic E-state index is 0.102. The highest BCUT2D eigenvalue weighted by Crippen LogP contribution is 2.52. The Morgan fingerprint density at radius 1 is 0.349 bits per heavy atom. The summed E-state index contributed by atoms with van der Waals surface area (Å²) in [4.78, 5) is 2.43. The van der Waals surface area contributed by atoms with Crippen molar-refractivity contribution in [2.45, 2.75) is 19.3 Å². The third-order valence-electron chi connectivity index (χ3n) is 13.3. The van der Waals surface area contributed by atoms with E-state index in [4.69, 9.17) is 0 Å². The van der Waals surface area contributed by atoms with E-state index in [-0.39, 0.29) is 5.41 Å². The molecule has 0 bridgehead atoms. The van der Waals surface area contributed by atoms with Gasteiger partial charge in [0.2, 0.25) is 0 Å². The first-order chi connectivity index (χ1) is 31.0. The minimum atomic E-state index is -0.102. The standard InChI is InChI=1S/C61H43NS/c1-61(2)56-25-8-5-20-52(56)54-24-13-23-51(60(54)61)42-30-35-47(36-31-42)62(46-33-28-40(29-34-46)43-32-37-59-55(39-43)53-21-7-10-27-58(53)63-59)57-26-9-6-19-50(57)45-17-11-16-44(38-45)49-22-12-15-41-14-3-4-18-48(41)49/h3-39H,1-2H3. The van der Waals surface area contributed by atoms with Gasteiger partial charge in [-0.25, -0.2) is 0 Å². The van der Waals surface area contributed by atoms with E-state index in [0.717, 1.165) is 17.1 Å². The molecule has 2 heteroatoms. The molecule has 11 aromatic rings. The molecule has 1 aromatic heterocycles. The molecule has 0 unspecified atom stereocenters. The first kappa shape index (κ1) is 37.3. The Morgan fingerprint density at radius 2 is 0.905 bits per heavy atom. The number of nitrogens with zero attached hydrogens (tertiary/aromatic N) is 1. The van der Waals surface area contributed by atoms with Crippen LogP contribution in [0.4, 0.5) is 17.1 Å². The van der Waals surface area contributed by atoms with Crippen molar-refractivity contribution in [1.82, 2.24) is 0 Å². The van der Waals surface area contributed by atoms with Crippen LogP contribution in [0.5, 0.6) is 0 Å². The van der Waals surface area contributed by atoms with E-state index in [1.165, 1.54) is 97.7 Å². The molecule has 10 aromatic carbocycles. The average Bonchev–Trinajstić information content (AvgIpc) is 3.83. The number of para-hydroxylation sites is 1. The van der Waals surface area contributed by atoms with Gasteiger partial charge in [0.05, 0.1) is 5.69 Å². The molecule has 0 aliphatic heterocycles. The van der Waals surface area contributed by atoms with E-state index in [2.05, 4.69) is 243 Å². The summed E-state index contributed by atoms with van der Waals surface area (Å²) in [5.74, 6) is 0. The van der Waals surface area contributed by atoms with E-state index in [9.17, 15) is 0 Å². The van der Waals surface area contributed by atoms with E-state index in [0.29, 0.717) is 0 Å². The second-order valence-corrected chi connectivity index (χ2v) is 18.3. The van der Waals surface area contributed by atoms with Crippen LogP contribution in [0.3, 0.4) is 0 Å². The molecule has 0 fully saturated rings. The molecular weight excluding hydrogens is 779 g/mol. The van der Waals surface area contributed by atoms with Crippen LogP contribution in [-0.2, 0) is 5.41 Å². The lowest BCUT2D eigenvalue weighted by molar-refractivity contribution is 0.662. The van der Waals surface area contributed by atoms with E-state index in [1.807, 2.05) is 11.3 Å². The summed E-state index contributed by atoms with van der Waals surface area (Å²) >= 11 is 1.86. The summed E-state index contributed by atoms with van der Waals surface area (Å²) in [6.45, 7) is 4.74. The molecule has 0 spiro atoms. The highest BCUT2D eigenvalue weighted by Gasteiger charge is 2.37. The molecule has 298 valence electrons. The van der Waals surface area contributed by atoms with Gasteiger partial charge in [0.15, 0.2) is 0 Å². The first-order valence-corrected chi connectivity index (χ1v) is 22.6. The van der Waals surface area contributed by atoms with E-state index < -0.39 is 0 Å². The second-order valence-electron chi connectivity index (χ2n) is 17.3. The molecule has 1 aliphatic carbocycles. The van der Waals surface area contributed by atoms with Gasteiger partial charge >= 0.3 is 0 Å². The number of thiophene rings is 1. The fraction of sp³-hybridized carbons (Fsp3) is 0.0492. The molecule has 1 aliphatic rings. The lowest BCUT2D eigenvalue weighted by Gasteiger charge is -2.29. The van der Waals surface area contributed by atoms with Crippen molar-refractivity contribution in [2.24, 2.45) is 0 Å². The lowest BCUT2D eigenvalue weighted by Crippen LogP contribution is -2.16. The maximum atomic E-state index is 2.43. The van der Waals surface area contributed by atoms with Gasteiger partial charge in [-0.1, -0.05) is 184 Å². The fourth-order valence-electron chi connectivity index (χ4n) is 10.3. The zero-order valence-corrected chi connectivity index (χ0v) is 36.0. The topological polar surface area (TPSA) is 3.24 Å². The van der Waals surface area contributed by atoms with Gasteiger partial charge in [0.25, 0.3) is 0 Å². The number of anilines is 3. The lowest BCUT2D eigenvalue weighted by atomic mass is 9.79. The minimum Gasteiger partial charge on any atom is -0.310 e. The predicted molar refractivity (Wildman–Crippen MR) is 271 cm³/mol. The number of rotatable bonds is 7. The Balaban J connectivity index is 0.980. The van der Waals surface area contributed by atoms with Crippen LogP contribution < -0.4 is 4.90 Å². The summed E-state index contributed by atoms with van der Waals surface area (Å²) in [6, 6.07) is 82.9. The van der Waals surface area contributed by atoms with Crippen LogP contribution in [0.25, 0.3) is 86.6 Å². The Hall–Kier alpha value is -7.52. The van der Waals surface area contributed by atoms with Crippen molar-refractivity contribution in [3.63, 3.8) is 0 Å². The third-order valence-corrected chi connectivity index (χ3v) is 14.4. The van der Waals surface area contributed by atoms with Crippen LogP contribution in [0.2, 0.25) is 0 Å². The SMILES string of the molecule is CC1(C)c2ccccc2-c2cccc(-c3ccc(N(c4ccc(-c5ccc6sc7ccccc7c6c5)cc4)c4ccccc4-c4cccc(-c5cccc6ccccc56)c4)cc3)c21. The zero-order valence-electron chi connectivity index (χ0n) is 35.2. The summed E-state index contributed by atoms with van der Waals surface area (Å²) in [5, 5.41) is 5.14. The smallest absolute Gasteiger partial charge is 0.0540 e. The van der Waals surface area contributed by atoms with Crippen molar-refractivity contribution in [3.05, 3.63) is 236 Å². The number of hydrogen-bond donors (Lipinski definition) is 0. The number of benzene rings is 10. The van der Waals surface area contributed by atoms with Gasteiger partial charge in [-0.3, -0.25) is 0 Å². The second kappa shape index (κ2) is 14.8. The molecule has 0 N–H and O–H groups in total. The van der Waals surface area contributed by atoms with Gasteiger partial charge in [-0.15, -0.1) is 11.3 Å². The highest BCUT2D eigenvalue weighted by atomic mass is 32.1. The van der Waals surface area contributed by atoms with Crippen molar-refractivity contribution < 1.29 is 0 Å². The van der Waals surface area contributed by atoms with Crippen molar-refractivity contribution in [3.8, 4) is 55.6 Å². The largest absolute Gasteiger partial charge is 0.310 e. The summed E-state index contributed by atoms with van der Waals surface area (Å²) < 4.78 is 2.65. The first-order valence-electron chi connectivity index (χ1n) is 21.8. The normalized spacial score (nSPS) is 12.7. The van der Waals surface area contributed by atoms with Gasteiger partial charge in [0, 0.05) is 42.5 Å². The fourth-order valence-corrected chi connectivity index (χ4v) is 11.3. The monoisotopic (exact) mass is 821 g/mol. The molecule has 1 heterocycles. The van der Waals surface area contributed by atoms with Crippen LogP contribution in [0.1, 0.15) is 25.0 Å². The van der Waals surface area contributed by atoms with E-state index in [1.54, 1.807) is 0 Å². The van der Waals surface area contributed by atoms with Crippen LogP contribution >= 0.6 is 11.3 Å². The van der Waals surface area contributed by atoms with Gasteiger partial charge in [-0.2, -0.15) is 0 Å². The Kier molecular flexibility index (Phi) is 8.77. The Morgan fingerprint density at radius 3 is 1.73 bits per heavy atom. The average molecular weight is 822 g/mol. The van der Waals surface area contributed by atoms with E-state index >= 15 is 0 Å². The van der Waals surface area contributed by atoms with Gasteiger partial charge < -0.3 is 4.90 Å². The third kappa shape index (κ3) is 6.21. The summed E-state index contributed by atoms with van der Waals surface area (Å²) in [5.41, 5.74) is 18.4. The number of fused-ring (bicyclic) bond motifs is 7. The summed E-state index contributed by atoms with van der Waals surface area (Å²) in [7, 11) is 0. The molecule has 12 rings (SSSR count). The molecule has 1 nitrogen and oxygen atoms in total. The molecule has 63 heavy (non-hydrogen) atoms. The highest BCUT2D eigenvalue weighted by molar-refractivity contribution is 7.25. The van der Waals surface area contributed by atoms with Gasteiger partial charge in [0.1, 0.15) is 0 Å². The molecule has 0 saturated carbocycles. The van der Waals surface area contributed by atoms with Crippen LogP contribution in [0, 0.1) is 0 Å². The van der Waals surface area contributed by atoms with Gasteiger partial charge in [-0.05, 0) is 127 Å². The summed E-state index contributed by atoms with van der Waals surface area (Å²) in [6.07, 6.45) is 0. The molecule has 0 radical (unpaired) electrons. The Bertz CT molecular complexity index is 3530. The molecular formula is C61H43NS. The van der Waals surface area contributed by atoms with Crippen molar-refractivity contribution in [2.75, 3.05) is 4.90 Å². The Labute approximate surface area is 372 Å².